The summed E-state index contributed by atoms with van der Waals surface area (Å²) in [5.74, 6) is 1.49. The van der Waals surface area contributed by atoms with Gasteiger partial charge in [0, 0.05) is 12.4 Å². The van der Waals surface area contributed by atoms with Crippen LogP contribution >= 0.6 is 0 Å². The van der Waals surface area contributed by atoms with Gasteiger partial charge in [0.15, 0.2) is 11.5 Å². The summed E-state index contributed by atoms with van der Waals surface area (Å²) in [6.07, 6.45) is 7.66. The smallest absolute Gasteiger partial charge is 0.161 e. The van der Waals surface area contributed by atoms with Crippen LogP contribution in [0.25, 0.3) is 11.1 Å². The second-order valence-electron chi connectivity index (χ2n) is 7.47. The number of methoxy groups -OCH3 is 2. The topological polar surface area (TPSA) is 34.6 Å². The van der Waals surface area contributed by atoms with Crippen molar-refractivity contribution in [3.63, 3.8) is 0 Å². The second-order valence-corrected chi connectivity index (χ2v) is 7.47. The predicted molar refractivity (Wildman–Crippen MR) is 116 cm³/mol. The van der Waals surface area contributed by atoms with Gasteiger partial charge in [-0.3, -0.25) is 9.88 Å². The van der Waals surface area contributed by atoms with Gasteiger partial charge >= 0.3 is 0 Å². The maximum Gasteiger partial charge on any atom is 0.161 e. The predicted octanol–water partition coefficient (Wildman–Crippen LogP) is 5.34. The van der Waals surface area contributed by atoms with Crippen molar-refractivity contribution < 1.29 is 9.47 Å². The van der Waals surface area contributed by atoms with Crippen LogP contribution < -0.4 is 9.47 Å². The van der Waals surface area contributed by atoms with Crippen molar-refractivity contribution >= 4 is 0 Å². The van der Waals surface area contributed by atoms with E-state index in [9.17, 15) is 0 Å². The van der Waals surface area contributed by atoms with Crippen LogP contribution in [-0.2, 0) is 0 Å². The summed E-state index contributed by atoms with van der Waals surface area (Å²) in [5, 5.41) is 0. The van der Waals surface area contributed by atoms with Gasteiger partial charge in [-0.25, -0.2) is 0 Å². The molecule has 0 saturated carbocycles. The average molecular weight is 389 g/mol. The minimum absolute atomic E-state index is 0.276. The van der Waals surface area contributed by atoms with Gasteiger partial charge in [0.1, 0.15) is 0 Å². The van der Waals surface area contributed by atoms with Gasteiger partial charge in [-0.05, 0) is 72.5 Å². The fourth-order valence-corrected chi connectivity index (χ4v) is 4.21. The van der Waals surface area contributed by atoms with E-state index in [0.29, 0.717) is 0 Å². The molecule has 3 aromatic rings. The van der Waals surface area contributed by atoms with E-state index in [-0.39, 0.29) is 6.04 Å². The van der Waals surface area contributed by atoms with E-state index < -0.39 is 0 Å². The summed E-state index contributed by atoms with van der Waals surface area (Å²) in [5.41, 5.74) is 4.91. The Bertz CT molecular complexity index is 919. The molecule has 2 aromatic carbocycles. The summed E-state index contributed by atoms with van der Waals surface area (Å²) in [7, 11) is 3.33. The van der Waals surface area contributed by atoms with E-state index in [0.717, 1.165) is 30.2 Å². The molecule has 0 aliphatic carbocycles. The highest BCUT2D eigenvalue weighted by molar-refractivity contribution is 5.67. The average Bonchev–Trinajstić information content (AvgIpc) is 2.81. The highest BCUT2D eigenvalue weighted by Crippen LogP contribution is 2.35. The number of nitrogens with zero attached hydrogens (tertiary/aromatic N) is 2. The Balaban J connectivity index is 1.65. The Kier molecular flexibility index (Phi) is 6.11. The third-order valence-electron chi connectivity index (χ3n) is 5.72. The van der Waals surface area contributed by atoms with Crippen LogP contribution in [0.15, 0.2) is 67.0 Å². The molecule has 1 aliphatic heterocycles. The van der Waals surface area contributed by atoms with Crippen molar-refractivity contribution in [2.24, 2.45) is 0 Å². The zero-order valence-electron chi connectivity index (χ0n) is 17.2. The molecule has 1 aliphatic rings. The molecule has 0 N–H and O–H groups in total. The summed E-state index contributed by atoms with van der Waals surface area (Å²) in [6.45, 7) is 2.29. The molecule has 0 radical (unpaired) electrons. The van der Waals surface area contributed by atoms with Crippen molar-refractivity contribution in [3.8, 4) is 22.6 Å². The Hall–Kier alpha value is -2.85. The number of hydrogen-bond donors (Lipinski definition) is 0. The SMILES string of the molecule is COc1ccc(-c2ccc(C(c3ccncc3)N3CCCCC3)cc2)cc1OC. The molecule has 0 spiro atoms. The van der Waals surface area contributed by atoms with Gasteiger partial charge in [-0.1, -0.05) is 36.8 Å². The molecule has 4 nitrogen and oxygen atoms in total. The van der Waals surface area contributed by atoms with Crippen LogP contribution in [0.5, 0.6) is 11.5 Å². The van der Waals surface area contributed by atoms with Crippen molar-refractivity contribution in [2.45, 2.75) is 25.3 Å². The first-order valence-corrected chi connectivity index (χ1v) is 10.3. The van der Waals surface area contributed by atoms with Gasteiger partial charge < -0.3 is 9.47 Å². The van der Waals surface area contributed by atoms with Gasteiger partial charge in [0.2, 0.25) is 0 Å². The highest BCUT2D eigenvalue weighted by atomic mass is 16.5. The van der Waals surface area contributed by atoms with Crippen LogP contribution in [0.2, 0.25) is 0 Å². The van der Waals surface area contributed by atoms with Crippen LogP contribution in [-0.4, -0.2) is 37.2 Å². The number of rotatable bonds is 6. The Morgan fingerprint density at radius 1 is 0.724 bits per heavy atom. The van der Waals surface area contributed by atoms with Gasteiger partial charge in [-0.2, -0.15) is 0 Å². The first-order valence-electron chi connectivity index (χ1n) is 10.3. The Morgan fingerprint density at radius 2 is 1.34 bits per heavy atom. The molecular weight excluding hydrogens is 360 g/mol. The molecule has 1 fully saturated rings. The first-order chi connectivity index (χ1) is 14.3. The Labute approximate surface area is 173 Å². The quantitative estimate of drug-likeness (QED) is 0.571. The molecule has 29 heavy (non-hydrogen) atoms. The molecule has 2 heterocycles. The number of piperidine rings is 1. The molecule has 0 bridgehead atoms. The standard InChI is InChI=1S/C25H28N2O2/c1-28-23-11-10-22(18-24(23)29-2)19-6-8-20(9-7-19)25(21-12-14-26-15-13-21)27-16-4-3-5-17-27/h6-15,18,25H,3-5,16-17H2,1-2H3. The lowest BCUT2D eigenvalue weighted by molar-refractivity contribution is 0.187. The molecule has 4 rings (SSSR count). The van der Waals surface area contributed by atoms with Crippen LogP contribution in [0, 0.1) is 0 Å². The molecule has 4 heteroatoms. The summed E-state index contributed by atoms with van der Waals surface area (Å²) in [6, 6.07) is 19.5. The summed E-state index contributed by atoms with van der Waals surface area (Å²) >= 11 is 0. The molecule has 1 aromatic heterocycles. The zero-order chi connectivity index (χ0) is 20.1. The van der Waals surface area contributed by atoms with Gasteiger partial charge in [0.25, 0.3) is 0 Å². The monoisotopic (exact) mass is 388 g/mol. The Morgan fingerprint density at radius 3 is 2.00 bits per heavy atom. The van der Waals surface area contributed by atoms with E-state index >= 15 is 0 Å². The molecule has 1 atom stereocenters. The van der Waals surface area contributed by atoms with Crippen molar-refractivity contribution in [2.75, 3.05) is 27.3 Å². The molecule has 1 saturated heterocycles. The van der Waals surface area contributed by atoms with Crippen molar-refractivity contribution in [1.82, 2.24) is 9.88 Å². The highest BCUT2D eigenvalue weighted by Gasteiger charge is 2.24. The number of hydrogen-bond acceptors (Lipinski definition) is 4. The normalized spacial score (nSPS) is 15.7. The molecule has 1 unspecified atom stereocenters. The zero-order valence-corrected chi connectivity index (χ0v) is 17.2. The largest absolute Gasteiger partial charge is 0.493 e. The van der Waals surface area contributed by atoms with Crippen LogP contribution in [0.3, 0.4) is 0 Å². The number of benzene rings is 2. The third-order valence-corrected chi connectivity index (χ3v) is 5.72. The number of pyridine rings is 1. The maximum atomic E-state index is 5.46. The first kappa shape index (κ1) is 19.5. The molecule has 150 valence electrons. The maximum absolute atomic E-state index is 5.46. The number of aromatic nitrogens is 1. The van der Waals surface area contributed by atoms with E-state index in [1.54, 1.807) is 14.2 Å². The van der Waals surface area contributed by atoms with Crippen molar-refractivity contribution in [3.05, 3.63) is 78.1 Å². The number of likely N-dealkylation sites (tertiary alicyclic amines) is 1. The van der Waals surface area contributed by atoms with Gasteiger partial charge in [-0.15, -0.1) is 0 Å². The van der Waals surface area contributed by atoms with E-state index in [1.165, 1.54) is 36.0 Å². The molecular formula is C25H28N2O2. The lowest BCUT2D eigenvalue weighted by atomic mass is 9.94. The summed E-state index contributed by atoms with van der Waals surface area (Å²) in [4.78, 5) is 6.81. The second kappa shape index (κ2) is 9.10. The van der Waals surface area contributed by atoms with Gasteiger partial charge in [0.05, 0.1) is 20.3 Å². The fourth-order valence-electron chi connectivity index (χ4n) is 4.21. The lowest BCUT2D eigenvalue weighted by Gasteiger charge is -2.35. The minimum Gasteiger partial charge on any atom is -0.493 e. The number of ether oxygens (including phenoxy) is 2. The third kappa shape index (κ3) is 4.28. The molecule has 0 amide bonds. The van der Waals surface area contributed by atoms with E-state index in [2.05, 4.69) is 52.3 Å². The minimum atomic E-state index is 0.276. The van der Waals surface area contributed by atoms with E-state index in [1.807, 2.05) is 24.5 Å². The van der Waals surface area contributed by atoms with E-state index in [4.69, 9.17) is 9.47 Å². The lowest BCUT2D eigenvalue weighted by Crippen LogP contribution is -2.34. The van der Waals surface area contributed by atoms with Crippen LogP contribution in [0.1, 0.15) is 36.4 Å². The fraction of sp³-hybridized carbons (Fsp3) is 0.320. The summed E-state index contributed by atoms with van der Waals surface area (Å²) < 4.78 is 10.8. The van der Waals surface area contributed by atoms with Crippen LogP contribution in [0.4, 0.5) is 0 Å². The van der Waals surface area contributed by atoms with Crippen molar-refractivity contribution in [1.29, 1.82) is 0 Å².